The van der Waals surface area contributed by atoms with Gasteiger partial charge in [0.05, 0.1) is 0 Å². The Morgan fingerprint density at radius 2 is 2.00 bits per heavy atom. The maximum atomic E-state index is 13.5. The van der Waals surface area contributed by atoms with Gasteiger partial charge in [-0.25, -0.2) is 4.39 Å². The molecule has 20 heavy (non-hydrogen) atoms. The summed E-state index contributed by atoms with van der Waals surface area (Å²) in [5, 5.41) is 2.69. The minimum atomic E-state index is -0.508. The molecule has 2 aromatic carbocycles. The number of hydrogen-bond donors (Lipinski definition) is 2. The number of hydrogen-bond acceptors (Lipinski definition) is 2. The van der Waals surface area contributed by atoms with Crippen LogP contribution in [-0.2, 0) is 0 Å². The molecule has 0 bridgehead atoms. The molecule has 5 heteroatoms. The van der Waals surface area contributed by atoms with Crippen LogP contribution in [0.5, 0.6) is 0 Å². The third kappa shape index (κ3) is 3.19. The van der Waals surface area contributed by atoms with E-state index >= 15 is 0 Å². The van der Waals surface area contributed by atoms with Gasteiger partial charge >= 0.3 is 0 Å². The molecule has 102 valence electrons. The zero-order valence-corrected chi connectivity index (χ0v) is 11.6. The molecule has 3 nitrogen and oxygen atoms in total. The number of halogens is 1. The molecule has 0 saturated heterocycles. The molecule has 1 amide bonds. The lowest BCUT2D eigenvalue weighted by molar-refractivity contribution is 0.102. The molecule has 0 fully saturated rings. The molecule has 0 radical (unpaired) electrons. The van der Waals surface area contributed by atoms with E-state index in [9.17, 15) is 9.18 Å². The predicted molar refractivity (Wildman–Crippen MR) is 81.4 cm³/mol. The van der Waals surface area contributed by atoms with Gasteiger partial charge in [0.15, 0.2) is 0 Å². The van der Waals surface area contributed by atoms with Crippen molar-refractivity contribution in [3.63, 3.8) is 0 Å². The zero-order valence-electron chi connectivity index (χ0n) is 10.8. The van der Waals surface area contributed by atoms with Gasteiger partial charge in [0.1, 0.15) is 10.8 Å². The maximum absolute atomic E-state index is 13.5. The van der Waals surface area contributed by atoms with Gasteiger partial charge in [-0.15, -0.1) is 0 Å². The predicted octanol–water partition coefficient (Wildman–Crippen LogP) is 3.02. The van der Waals surface area contributed by atoms with Crippen LogP contribution >= 0.6 is 12.2 Å². The first-order valence-electron chi connectivity index (χ1n) is 5.95. The van der Waals surface area contributed by atoms with Crippen LogP contribution in [0.4, 0.5) is 10.1 Å². The second kappa shape index (κ2) is 5.79. The van der Waals surface area contributed by atoms with Gasteiger partial charge in [-0.3, -0.25) is 4.79 Å². The van der Waals surface area contributed by atoms with E-state index in [1.54, 1.807) is 18.2 Å². The number of amides is 1. The molecule has 0 heterocycles. The minimum absolute atomic E-state index is 0.0471. The van der Waals surface area contributed by atoms with Crippen LogP contribution in [0.15, 0.2) is 42.5 Å². The molecule has 0 unspecified atom stereocenters. The average Bonchev–Trinajstić information content (AvgIpc) is 2.40. The van der Waals surface area contributed by atoms with Gasteiger partial charge in [-0.2, -0.15) is 0 Å². The average molecular weight is 288 g/mol. The molecule has 0 aliphatic heterocycles. The lowest BCUT2D eigenvalue weighted by Gasteiger charge is -2.08. The first-order valence-corrected chi connectivity index (χ1v) is 6.35. The van der Waals surface area contributed by atoms with Crippen LogP contribution in [0.3, 0.4) is 0 Å². The van der Waals surface area contributed by atoms with E-state index in [0.29, 0.717) is 11.3 Å². The van der Waals surface area contributed by atoms with E-state index in [0.717, 1.165) is 5.56 Å². The smallest absolute Gasteiger partial charge is 0.255 e. The van der Waals surface area contributed by atoms with Gasteiger partial charge in [0.2, 0.25) is 0 Å². The quantitative estimate of drug-likeness (QED) is 0.854. The van der Waals surface area contributed by atoms with Crippen LogP contribution in [0.2, 0.25) is 0 Å². The Hall–Kier alpha value is -2.27. The Morgan fingerprint density at radius 1 is 1.25 bits per heavy atom. The van der Waals surface area contributed by atoms with Gasteiger partial charge in [0, 0.05) is 16.8 Å². The lowest BCUT2D eigenvalue weighted by Crippen LogP contribution is -2.15. The van der Waals surface area contributed by atoms with E-state index < -0.39 is 5.82 Å². The Morgan fingerprint density at radius 3 is 2.65 bits per heavy atom. The summed E-state index contributed by atoms with van der Waals surface area (Å²) in [5.41, 5.74) is 7.50. The number of rotatable bonds is 3. The Kier molecular flexibility index (Phi) is 4.10. The molecular weight excluding hydrogens is 275 g/mol. The van der Waals surface area contributed by atoms with Crippen LogP contribution in [0.1, 0.15) is 21.5 Å². The van der Waals surface area contributed by atoms with Crippen molar-refractivity contribution in [2.75, 3.05) is 5.32 Å². The Balaban J connectivity index is 2.24. The minimum Gasteiger partial charge on any atom is -0.389 e. The molecule has 0 saturated carbocycles. The zero-order chi connectivity index (χ0) is 14.7. The van der Waals surface area contributed by atoms with E-state index in [2.05, 4.69) is 5.32 Å². The summed E-state index contributed by atoms with van der Waals surface area (Å²) in [6.45, 7) is 1.90. The topological polar surface area (TPSA) is 55.1 Å². The maximum Gasteiger partial charge on any atom is 0.255 e. The van der Waals surface area contributed by atoms with E-state index in [1.165, 1.54) is 18.2 Å². The highest BCUT2D eigenvalue weighted by molar-refractivity contribution is 7.80. The van der Waals surface area contributed by atoms with Crippen molar-refractivity contribution in [3.05, 3.63) is 65.0 Å². The first-order chi connectivity index (χ1) is 9.47. The fraction of sp³-hybridized carbons (Fsp3) is 0.0667. The van der Waals surface area contributed by atoms with Crippen LogP contribution in [0.25, 0.3) is 0 Å². The summed E-state index contributed by atoms with van der Waals surface area (Å²) in [5.74, 6) is -0.778. The number of nitrogens with two attached hydrogens (primary N) is 1. The molecule has 2 rings (SSSR count). The summed E-state index contributed by atoms with van der Waals surface area (Å²) < 4.78 is 13.5. The molecule has 2 aromatic rings. The number of carbonyl (C=O) groups is 1. The van der Waals surface area contributed by atoms with Crippen molar-refractivity contribution < 1.29 is 9.18 Å². The van der Waals surface area contributed by atoms with E-state index in [4.69, 9.17) is 18.0 Å². The van der Waals surface area contributed by atoms with Crippen LogP contribution in [0, 0.1) is 12.7 Å². The Labute approximate surface area is 121 Å². The normalized spacial score (nSPS) is 10.1. The summed E-state index contributed by atoms with van der Waals surface area (Å²) in [7, 11) is 0. The van der Waals surface area contributed by atoms with Gasteiger partial charge in [-0.05, 0) is 37.3 Å². The number of benzene rings is 2. The Bertz CT molecular complexity index is 685. The molecule has 0 aliphatic rings. The standard InChI is InChI=1S/C15H13FN2OS/c1-9-3-2-4-10(7-9)15(19)18-11-5-6-13(16)12(8-11)14(17)20/h2-8H,1H3,(H2,17,20)(H,18,19). The summed E-state index contributed by atoms with van der Waals surface area (Å²) >= 11 is 4.76. The molecule has 0 spiro atoms. The first kappa shape index (κ1) is 14.1. The van der Waals surface area contributed by atoms with E-state index in [-0.39, 0.29) is 16.5 Å². The molecule has 0 atom stereocenters. The monoisotopic (exact) mass is 288 g/mol. The van der Waals surface area contributed by atoms with Gasteiger partial charge < -0.3 is 11.1 Å². The number of aryl methyl sites for hydroxylation is 1. The number of carbonyl (C=O) groups excluding carboxylic acids is 1. The molecular formula is C15H13FN2OS. The molecule has 0 aromatic heterocycles. The van der Waals surface area contributed by atoms with Crippen molar-refractivity contribution in [1.29, 1.82) is 0 Å². The second-order valence-corrected chi connectivity index (χ2v) is 4.82. The highest BCUT2D eigenvalue weighted by Gasteiger charge is 2.10. The third-order valence-electron chi connectivity index (χ3n) is 2.77. The third-order valence-corrected chi connectivity index (χ3v) is 2.99. The lowest BCUT2D eigenvalue weighted by atomic mass is 10.1. The summed E-state index contributed by atoms with van der Waals surface area (Å²) in [6, 6.07) is 11.3. The number of thiocarbonyl (C=S) groups is 1. The number of anilines is 1. The summed E-state index contributed by atoms with van der Waals surface area (Å²) in [6.07, 6.45) is 0. The largest absolute Gasteiger partial charge is 0.389 e. The van der Waals surface area contributed by atoms with Crippen molar-refractivity contribution in [2.24, 2.45) is 5.73 Å². The molecule has 3 N–H and O–H groups in total. The number of nitrogens with one attached hydrogen (secondary N) is 1. The van der Waals surface area contributed by atoms with Crippen molar-refractivity contribution >= 4 is 28.8 Å². The SMILES string of the molecule is Cc1cccc(C(=O)Nc2ccc(F)c(C(N)=S)c2)c1. The van der Waals surface area contributed by atoms with Crippen molar-refractivity contribution in [1.82, 2.24) is 0 Å². The van der Waals surface area contributed by atoms with Crippen LogP contribution in [-0.4, -0.2) is 10.9 Å². The molecule has 0 aliphatic carbocycles. The van der Waals surface area contributed by atoms with Gasteiger partial charge in [-0.1, -0.05) is 29.9 Å². The summed E-state index contributed by atoms with van der Waals surface area (Å²) in [4.78, 5) is 12.0. The fourth-order valence-corrected chi connectivity index (χ4v) is 1.94. The highest BCUT2D eigenvalue weighted by atomic mass is 32.1. The van der Waals surface area contributed by atoms with Gasteiger partial charge in [0.25, 0.3) is 5.91 Å². The van der Waals surface area contributed by atoms with Crippen molar-refractivity contribution in [3.8, 4) is 0 Å². The van der Waals surface area contributed by atoms with Crippen molar-refractivity contribution in [2.45, 2.75) is 6.92 Å². The second-order valence-electron chi connectivity index (χ2n) is 4.38. The van der Waals surface area contributed by atoms with Crippen LogP contribution < -0.4 is 11.1 Å². The fourth-order valence-electron chi connectivity index (χ4n) is 1.78. The van der Waals surface area contributed by atoms with E-state index in [1.807, 2.05) is 13.0 Å². The highest BCUT2D eigenvalue weighted by Crippen LogP contribution is 2.16.